The Balaban J connectivity index is 1.97. The number of benzene rings is 2. The molecule has 0 heterocycles. The molecule has 1 aliphatic carbocycles. The van der Waals surface area contributed by atoms with Gasteiger partial charge in [-0.15, -0.1) is 0 Å². The van der Waals surface area contributed by atoms with Crippen molar-refractivity contribution in [2.45, 2.75) is 19.3 Å². The lowest BCUT2D eigenvalue weighted by molar-refractivity contribution is -0.151. The zero-order valence-corrected chi connectivity index (χ0v) is 16.3. The highest BCUT2D eigenvalue weighted by Crippen LogP contribution is 2.38. The molecule has 2 aromatic rings. The summed E-state index contributed by atoms with van der Waals surface area (Å²) in [4.78, 5) is 25.4. The van der Waals surface area contributed by atoms with Crippen LogP contribution in [0.4, 0.5) is 5.69 Å². The van der Waals surface area contributed by atoms with Crippen LogP contribution in [0.5, 0.6) is 5.75 Å². The standard InChI is InChI=1S/C23H22N2O4/c1-3-29-23(27)22-19(15-8-6-9-18(11-15)28-2)12-17(13-21(22)26)25-20-10-5-4-7-16(20)14-24/h4-11,13,19,22,25H,3,12H2,1-2H3/t19-,22-/m0/s1. The number of rotatable bonds is 6. The highest BCUT2D eigenvalue weighted by atomic mass is 16.5. The summed E-state index contributed by atoms with van der Waals surface area (Å²) in [5, 5.41) is 12.5. The molecule has 1 aliphatic rings. The predicted molar refractivity (Wildman–Crippen MR) is 108 cm³/mol. The normalized spacial score (nSPS) is 18.4. The van der Waals surface area contributed by atoms with Crippen molar-refractivity contribution in [3.63, 3.8) is 0 Å². The fourth-order valence-corrected chi connectivity index (χ4v) is 3.52. The van der Waals surface area contributed by atoms with Gasteiger partial charge in [-0.1, -0.05) is 24.3 Å². The fourth-order valence-electron chi connectivity index (χ4n) is 3.52. The summed E-state index contributed by atoms with van der Waals surface area (Å²) in [6.45, 7) is 1.92. The van der Waals surface area contributed by atoms with E-state index < -0.39 is 17.8 Å². The minimum atomic E-state index is -0.918. The third-order valence-electron chi connectivity index (χ3n) is 4.87. The number of anilines is 1. The van der Waals surface area contributed by atoms with Gasteiger partial charge in [-0.25, -0.2) is 0 Å². The maximum absolute atomic E-state index is 12.9. The molecule has 3 rings (SSSR count). The minimum absolute atomic E-state index is 0.206. The lowest BCUT2D eigenvalue weighted by atomic mass is 9.76. The number of nitrogens with one attached hydrogen (secondary N) is 1. The number of ketones is 1. The topological polar surface area (TPSA) is 88.4 Å². The number of esters is 1. The maximum atomic E-state index is 12.9. The molecular weight excluding hydrogens is 368 g/mol. The molecule has 6 heteroatoms. The van der Waals surface area contributed by atoms with Crippen LogP contribution in [-0.4, -0.2) is 25.5 Å². The van der Waals surface area contributed by atoms with Gasteiger partial charge in [0.05, 0.1) is 25.0 Å². The molecule has 29 heavy (non-hydrogen) atoms. The Labute approximate surface area is 169 Å². The number of nitrogens with zero attached hydrogens (tertiary/aromatic N) is 1. The van der Waals surface area contributed by atoms with Gasteiger partial charge in [0.25, 0.3) is 0 Å². The predicted octanol–water partition coefficient (Wildman–Crippen LogP) is 3.80. The number of carbonyl (C=O) groups is 2. The Morgan fingerprint density at radius 1 is 1.24 bits per heavy atom. The van der Waals surface area contributed by atoms with E-state index >= 15 is 0 Å². The van der Waals surface area contributed by atoms with Crippen LogP contribution in [0.3, 0.4) is 0 Å². The lowest BCUT2D eigenvalue weighted by Gasteiger charge is -2.30. The van der Waals surface area contributed by atoms with Crippen molar-refractivity contribution in [3.8, 4) is 11.8 Å². The van der Waals surface area contributed by atoms with Gasteiger partial charge >= 0.3 is 5.97 Å². The van der Waals surface area contributed by atoms with E-state index in [1.807, 2.05) is 30.3 Å². The number of methoxy groups -OCH3 is 1. The summed E-state index contributed by atoms with van der Waals surface area (Å²) in [6, 6.07) is 16.6. The number of nitriles is 1. The van der Waals surface area contributed by atoms with Gasteiger partial charge in [-0.2, -0.15) is 5.26 Å². The van der Waals surface area contributed by atoms with Crippen LogP contribution in [0.25, 0.3) is 0 Å². The molecule has 0 fully saturated rings. The lowest BCUT2D eigenvalue weighted by Crippen LogP contribution is -2.35. The van der Waals surface area contributed by atoms with Gasteiger partial charge in [0.1, 0.15) is 17.7 Å². The van der Waals surface area contributed by atoms with Crippen molar-refractivity contribution in [1.82, 2.24) is 0 Å². The Bertz CT molecular complexity index is 990. The van der Waals surface area contributed by atoms with Crippen molar-refractivity contribution >= 4 is 17.4 Å². The van der Waals surface area contributed by atoms with Crippen molar-refractivity contribution < 1.29 is 19.1 Å². The van der Waals surface area contributed by atoms with E-state index in [2.05, 4.69) is 11.4 Å². The van der Waals surface area contributed by atoms with Gasteiger partial charge in [0.15, 0.2) is 5.78 Å². The summed E-state index contributed by atoms with van der Waals surface area (Å²) in [6.07, 6.45) is 1.86. The van der Waals surface area contributed by atoms with E-state index in [1.165, 1.54) is 6.08 Å². The number of allylic oxidation sites excluding steroid dienone is 2. The van der Waals surface area contributed by atoms with Crippen LogP contribution in [-0.2, 0) is 14.3 Å². The van der Waals surface area contributed by atoms with Gasteiger partial charge in [-0.05, 0) is 43.2 Å². The third-order valence-corrected chi connectivity index (χ3v) is 4.87. The summed E-state index contributed by atoms with van der Waals surface area (Å²) in [5.74, 6) is -1.52. The van der Waals surface area contributed by atoms with Crippen molar-refractivity contribution in [1.29, 1.82) is 5.26 Å². The third kappa shape index (κ3) is 4.46. The molecule has 2 aromatic carbocycles. The van der Waals surface area contributed by atoms with E-state index in [4.69, 9.17) is 9.47 Å². The zero-order chi connectivity index (χ0) is 20.8. The van der Waals surface area contributed by atoms with Gasteiger partial charge < -0.3 is 14.8 Å². The average Bonchev–Trinajstić information content (AvgIpc) is 2.74. The molecule has 148 valence electrons. The fraction of sp³-hybridized carbons (Fsp3) is 0.261. The summed E-state index contributed by atoms with van der Waals surface area (Å²) in [7, 11) is 1.57. The first kappa shape index (κ1) is 20.2. The molecule has 0 unspecified atom stereocenters. The number of ether oxygens (including phenoxy) is 2. The molecule has 0 spiro atoms. The SMILES string of the molecule is CCOC(=O)[C@@H]1C(=O)C=C(Nc2ccccc2C#N)C[C@H]1c1cccc(OC)c1. The Kier molecular flexibility index (Phi) is 6.30. The van der Waals surface area contributed by atoms with Crippen molar-refractivity contribution in [2.24, 2.45) is 5.92 Å². The highest BCUT2D eigenvalue weighted by Gasteiger charge is 2.39. The van der Waals surface area contributed by atoms with Gasteiger partial charge in [0.2, 0.25) is 0 Å². The molecule has 6 nitrogen and oxygen atoms in total. The van der Waals surface area contributed by atoms with E-state index in [-0.39, 0.29) is 12.4 Å². The van der Waals surface area contributed by atoms with E-state index in [0.717, 1.165) is 5.56 Å². The van der Waals surface area contributed by atoms with Crippen LogP contribution in [0.15, 0.2) is 60.3 Å². The summed E-state index contributed by atoms with van der Waals surface area (Å²) >= 11 is 0. The minimum Gasteiger partial charge on any atom is -0.497 e. The average molecular weight is 390 g/mol. The first-order valence-corrected chi connectivity index (χ1v) is 9.38. The quantitative estimate of drug-likeness (QED) is 0.596. The monoisotopic (exact) mass is 390 g/mol. The smallest absolute Gasteiger partial charge is 0.317 e. The number of hydrogen-bond donors (Lipinski definition) is 1. The van der Waals surface area contributed by atoms with E-state index in [0.29, 0.717) is 29.1 Å². The molecule has 0 amide bonds. The van der Waals surface area contributed by atoms with Crippen LogP contribution < -0.4 is 10.1 Å². The Morgan fingerprint density at radius 3 is 2.76 bits per heavy atom. The zero-order valence-electron chi connectivity index (χ0n) is 16.3. The second-order valence-corrected chi connectivity index (χ2v) is 6.67. The van der Waals surface area contributed by atoms with Crippen LogP contribution in [0, 0.1) is 17.2 Å². The highest BCUT2D eigenvalue weighted by molar-refractivity contribution is 6.07. The molecule has 0 aromatic heterocycles. The van der Waals surface area contributed by atoms with E-state index in [1.54, 1.807) is 32.2 Å². The van der Waals surface area contributed by atoms with Gasteiger partial charge in [-0.3, -0.25) is 9.59 Å². The molecule has 0 aliphatic heterocycles. The first-order valence-electron chi connectivity index (χ1n) is 9.38. The molecular formula is C23H22N2O4. The first-order chi connectivity index (χ1) is 14.1. The van der Waals surface area contributed by atoms with E-state index in [9.17, 15) is 14.9 Å². The Hall–Kier alpha value is -3.59. The Morgan fingerprint density at radius 2 is 2.03 bits per heavy atom. The summed E-state index contributed by atoms with van der Waals surface area (Å²) < 4.78 is 10.5. The second kappa shape index (κ2) is 9.07. The maximum Gasteiger partial charge on any atom is 0.317 e. The molecule has 0 saturated carbocycles. The van der Waals surface area contributed by atoms with Crippen LogP contribution in [0.2, 0.25) is 0 Å². The molecule has 0 bridgehead atoms. The molecule has 1 N–H and O–H groups in total. The largest absolute Gasteiger partial charge is 0.497 e. The van der Waals surface area contributed by atoms with Crippen LogP contribution >= 0.6 is 0 Å². The van der Waals surface area contributed by atoms with Gasteiger partial charge in [0, 0.05) is 17.7 Å². The molecule has 0 saturated heterocycles. The number of carbonyl (C=O) groups excluding carboxylic acids is 2. The summed E-state index contributed by atoms with van der Waals surface area (Å²) in [5.41, 5.74) is 2.56. The number of para-hydroxylation sites is 1. The van der Waals surface area contributed by atoms with Crippen molar-refractivity contribution in [3.05, 3.63) is 71.4 Å². The molecule has 0 radical (unpaired) electrons. The molecule has 2 atom stereocenters. The van der Waals surface area contributed by atoms with Crippen molar-refractivity contribution in [2.75, 3.05) is 19.0 Å². The van der Waals surface area contributed by atoms with Crippen LogP contribution in [0.1, 0.15) is 30.4 Å². The second-order valence-electron chi connectivity index (χ2n) is 6.67. The number of hydrogen-bond acceptors (Lipinski definition) is 6.